The number of urea groups is 1. The summed E-state index contributed by atoms with van der Waals surface area (Å²) < 4.78 is 6.37. The Morgan fingerprint density at radius 1 is 1.26 bits per heavy atom. The van der Waals surface area contributed by atoms with Gasteiger partial charge in [-0.2, -0.15) is 5.10 Å². The number of imide groups is 1. The van der Waals surface area contributed by atoms with Crippen molar-refractivity contribution in [2.45, 2.75) is 33.2 Å². The lowest BCUT2D eigenvalue weighted by Crippen LogP contribution is -2.44. The van der Waals surface area contributed by atoms with E-state index in [0.29, 0.717) is 11.4 Å². The number of ether oxygens (including phenoxy) is 1. The molecule has 2 N–H and O–H groups in total. The molecule has 1 aromatic heterocycles. The number of carbonyl (C=O) groups excluding carboxylic acids is 3. The predicted octanol–water partition coefficient (Wildman–Crippen LogP) is 2.62. The highest BCUT2D eigenvalue weighted by Gasteiger charge is 2.23. The lowest BCUT2D eigenvalue weighted by Gasteiger charge is -2.11. The van der Waals surface area contributed by atoms with Gasteiger partial charge in [0.2, 0.25) is 0 Å². The fourth-order valence-electron chi connectivity index (χ4n) is 2.20. The average molecular weight is 393 g/mol. The van der Waals surface area contributed by atoms with Crippen LogP contribution in [0.15, 0.2) is 30.3 Å². The third kappa shape index (κ3) is 5.30. The topological polar surface area (TPSA) is 102 Å². The van der Waals surface area contributed by atoms with Crippen molar-refractivity contribution in [2.75, 3.05) is 6.61 Å². The fourth-order valence-corrected chi connectivity index (χ4v) is 2.55. The first kappa shape index (κ1) is 20.4. The molecular formula is C18H21ClN4O4. The van der Waals surface area contributed by atoms with Gasteiger partial charge >= 0.3 is 12.0 Å². The van der Waals surface area contributed by atoms with Gasteiger partial charge in [0.15, 0.2) is 6.61 Å². The molecule has 0 unspecified atom stereocenters. The van der Waals surface area contributed by atoms with Gasteiger partial charge in [0.25, 0.3) is 5.91 Å². The molecule has 9 heteroatoms. The van der Waals surface area contributed by atoms with Gasteiger partial charge in [0, 0.05) is 6.04 Å². The van der Waals surface area contributed by atoms with Crippen molar-refractivity contribution in [2.24, 2.45) is 0 Å². The number of hydrogen-bond donors (Lipinski definition) is 2. The lowest BCUT2D eigenvalue weighted by atomic mass is 10.2. The van der Waals surface area contributed by atoms with E-state index in [2.05, 4.69) is 15.7 Å². The Morgan fingerprint density at radius 3 is 2.56 bits per heavy atom. The third-order valence-corrected chi connectivity index (χ3v) is 4.14. The Labute approximate surface area is 161 Å². The van der Waals surface area contributed by atoms with E-state index in [-0.39, 0.29) is 16.8 Å². The van der Waals surface area contributed by atoms with E-state index in [1.165, 1.54) is 4.68 Å². The zero-order valence-electron chi connectivity index (χ0n) is 15.3. The standard InChI is InChI=1S/C18H21ClN4O4/c1-4-11(2)20-18(26)21-14(24)10-27-17(25)15-12(3)22-23(16(15)19)13-8-6-5-7-9-13/h5-9,11H,4,10H2,1-3H3,(H2,20,21,24,26)/t11-/m1/s1. The third-order valence-electron chi connectivity index (χ3n) is 3.79. The predicted molar refractivity (Wildman–Crippen MR) is 100 cm³/mol. The number of halogens is 1. The Hall–Kier alpha value is -2.87. The van der Waals surface area contributed by atoms with Gasteiger partial charge < -0.3 is 10.1 Å². The minimum atomic E-state index is -0.794. The second-order valence-electron chi connectivity index (χ2n) is 5.91. The van der Waals surface area contributed by atoms with Crippen LogP contribution in [0.1, 0.15) is 36.3 Å². The SMILES string of the molecule is CC[C@@H](C)NC(=O)NC(=O)COC(=O)c1c(C)nn(-c2ccccc2)c1Cl. The van der Waals surface area contributed by atoms with Crippen LogP contribution in [-0.2, 0) is 9.53 Å². The highest BCUT2D eigenvalue weighted by Crippen LogP contribution is 2.24. The first-order valence-electron chi connectivity index (χ1n) is 8.41. The quantitative estimate of drug-likeness (QED) is 0.735. The number of para-hydroxylation sites is 1. The van der Waals surface area contributed by atoms with Crippen LogP contribution in [-0.4, -0.2) is 40.3 Å². The van der Waals surface area contributed by atoms with Gasteiger partial charge in [-0.25, -0.2) is 14.3 Å². The number of esters is 1. The number of aromatic nitrogens is 2. The summed E-state index contributed by atoms with van der Waals surface area (Å²) in [6.45, 7) is 4.70. The van der Waals surface area contributed by atoms with Gasteiger partial charge in [0.05, 0.1) is 11.4 Å². The van der Waals surface area contributed by atoms with E-state index >= 15 is 0 Å². The van der Waals surface area contributed by atoms with Crippen molar-refractivity contribution in [3.8, 4) is 5.69 Å². The molecular weight excluding hydrogens is 372 g/mol. The second-order valence-corrected chi connectivity index (χ2v) is 6.26. The molecule has 0 aliphatic heterocycles. The highest BCUT2D eigenvalue weighted by atomic mass is 35.5. The smallest absolute Gasteiger partial charge is 0.343 e. The highest BCUT2D eigenvalue weighted by molar-refractivity contribution is 6.33. The zero-order chi connectivity index (χ0) is 20.0. The molecule has 27 heavy (non-hydrogen) atoms. The number of nitrogens with zero attached hydrogens (tertiary/aromatic N) is 2. The van der Waals surface area contributed by atoms with Crippen molar-refractivity contribution in [1.82, 2.24) is 20.4 Å². The van der Waals surface area contributed by atoms with Gasteiger partial charge in [0.1, 0.15) is 10.7 Å². The summed E-state index contributed by atoms with van der Waals surface area (Å²) in [6, 6.07) is 8.33. The van der Waals surface area contributed by atoms with Crippen LogP contribution in [0, 0.1) is 6.92 Å². The van der Waals surface area contributed by atoms with Gasteiger partial charge in [-0.1, -0.05) is 36.7 Å². The van der Waals surface area contributed by atoms with Crippen molar-refractivity contribution in [1.29, 1.82) is 0 Å². The molecule has 2 aromatic rings. The van der Waals surface area contributed by atoms with Crippen molar-refractivity contribution in [3.05, 3.63) is 46.7 Å². The molecule has 1 atom stereocenters. The normalized spacial score (nSPS) is 11.6. The molecule has 0 fully saturated rings. The monoisotopic (exact) mass is 392 g/mol. The van der Waals surface area contributed by atoms with E-state index in [4.69, 9.17) is 16.3 Å². The molecule has 0 radical (unpaired) electrons. The van der Waals surface area contributed by atoms with Crippen molar-refractivity contribution in [3.63, 3.8) is 0 Å². The van der Waals surface area contributed by atoms with Crippen LogP contribution in [0.3, 0.4) is 0 Å². The molecule has 0 aliphatic carbocycles. The largest absolute Gasteiger partial charge is 0.452 e. The Kier molecular flexibility index (Phi) is 6.95. The number of nitrogens with one attached hydrogen (secondary N) is 2. The molecule has 2 rings (SSSR count). The maximum absolute atomic E-state index is 12.3. The number of aryl methyl sites for hydroxylation is 1. The Balaban J connectivity index is 1.99. The number of benzene rings is 1. The molecule has 8 nitrogen and oxygen atoms in total. The first-order chi connectivity index (χ1) is 12.8. The summed E-state index contributed by atoms with van der Waals surface area (Å²) in [5, 5.41) is 8.99. The number of hydrogen-bond acceptors (Lipinski definition) is 5. The van der Waals surface area contributed by atoms with E-state index in [1.54, 1.807) is 26.0 Å². The van der Waals surface area contributed by atoms with Crippen molar-refractivity contribution >= 4 is 29.5 Å². The maximum Gasteiger partial charge on any atom is 0.343 e. The summed E-state index contributed by atoms with van der Waals surface area (Å²) in [4.78, 5) is 35.6. The fraction of sp³-hybridized carbons (Fsp3) is 0.333. The van der Waals surface area contributed by atoms with Crippen molar-refractivity contribution < 1.29 is 19.1 Å². The van der Waals surface area contributed by atoms with E-state index < -0.39 is 24.5 Å². The van der Waals surface area contributed by atoms with Crippen LogP contribution in [0.25, 0.3) is 5.69 Å². The molecule has 0 aliphatic rings. The summed E-state index contributed by atoms with van der Waals surface area (Å²) in [5.74, 6) is -1.54. The second kappa shape index (κ2) is 9.18. The van der Waals surface area contributed by atoms with Crippen LogP contribution >= 0.6 is 11.6 Å². The number of rotatable bonds is 6. The zero-order valence-corrected chi connectivity index (χ0v) is 16.0. The molecule has 1 heterocycles. The van der Waals surface area contributed by atoms with Crippen LogP contribution in [0.5, 0.6) is 0 Å². The van der Waals surface area contributed by atoms with E-state index in [1.807, 2.05) is 25.1 Å². The maximum atomic E-state index is 12.3. The summed E-state index contributed by atoms with van der Waals surface area (Å²) >= 11 is 6.27. The molecule has 0 bridgehead atoms. The molecule has 144 valence electrons. The van der Waals surface area contributed by atoms with Gasteiger partial charge in [-0.15, -0.1) is 0 Å². The lowest BCUT2D eigenvalue weighted by molar-refractivity contribution is -0.123. The Morgan fingerprint density at radius 2 is 1.93 bits per heavy atom. The molecule has 0 saturated heterocycles. The van der Waals surface area contributed by atoms with Gasteiger partial charge in [-0.3, -0.25) is 10.1 Å². The molecule has 1 aromatic carbocycles. The number of amides is 3. The minimum Gasteiger partial charge on any atom is -0.452 e. The van der Waals surface area contributed by atoms with E-state index in [0.717, 1.165) is 6.42 Å². The molecule has 0 spiro atoms. The average Bonchev–Trinajstić information content (AvgIpc) is 2.94. The minimum absolute atomic E-state index is 0.0670. The first-order valence-corrected chi connectivity index (χ1v) is 8.79. The summed E-state index contributed by atoms with van der Waals surface area (Å²) in [6.07, 6.45) is 0.722. The molecule has 3 amide bonds. The Bertz CT molecular complexity index is 835. The summed E-state index contributed by atoms with van der Waals surface area (Å²) in [7, 11) is 0. The van der Waals surface area contributed by atoms with Crippen LogP contribution in [0.4, 0.5) is 4.79 Å². The molecule has 0 saturated carbocycles. The van der Waals surface area contributed by atoms with Crippen LogP contribution < -0.4 is 10.6 Å². The summed E-state index contributed by atoms with van der Waals surface area (Å²) in [5.41, 5.74) is 1.12. The van der Waals surface area contributed by atoms with Crippen LogP contribution in [0.2, 0.25) is 5.15 Å². The number of carbonyl (C=O) groups is 3. The van der Waals surface area contributed by atoms with E-state index in [9.17, 15) is 14.4 Å². The van der Waals surface area contributed by atoms with Gasteiger partial charge in [-0.05, 0) is 32.4 Å².